The van der Waals surface area contributed by atoms with Crippen LogP contribution in [0, 0.1) is 0 Å². The zero-order valence-corrected chi connectivity index (χ0v) is 20.0. The quantitative estimate of drug-likeness (QED) is 0.471. The van der Waals surface area contributed by atoms with Crippen molar-refractivity contribution in [2.45, 2.75) is 88.8 Å². The van der Waals surface area contributed by atoms with E-state index in [1.165, 1.54) is 37.7 Å². The molecule has 1 aromatic carbocycles. The summed E-state index contributed by atoms with van der Waals surface area (Å²) >= 11 is 0. The maximum atomic E-state index is 13.3. The number of nitrogens with one attached hydrogen (secondary N) is 2. The number of aryl methyl sites for hydroxylation is 2. The molecule has 180 valence electrons. The minimum absolute atomic E-state index is 0.0325. The second-order valence-electron chi connectivity index (χ2n) is 10.1. The van der Waals surface area contributed by atoms with E-state index in [1.54, 1.807) is 0 Å². The third-order valence-electron chi connectivity index (χ3n) is 7.51. The fraction of sp³-hybridized carbons (Fsp3) is 0.500. The molecule has 2 heterocycles. The Hall–Kier alpha value is -2.86. The number of rotatable bonds is 7. The summed E-state index contributed by atoms with van der Waals surface area (Å²) in [6, 6.07) is 15.3. The molecule has 0 unspecified atom stereocenters. The number of fused-ring (bicyclic) bond motifs is 1. The molecule has 2 saturated carbocycles. The highest BCUT2D eigenvalue weighted by molar-refractivity contribution is 6.00. The summed E-state index contributed by atoms with van der Waals surface area (Å²) in [4.78, 5) is 18.3. The Morgan fingerprint density at radius 3 is 2.44 bits per heavy atom. The summed E-state index contributed by atoms with van der Waals surface area (Å²) in [7, 11) is 0. The van der Waals surface area contributed by atoms with Gasteiger partial charge < -0.3 is 16.4 Å². The largest absolute Gasteiger partial charge is 0.367 e. The first-order valence-corrected chi connectivity index (χ1v) is 13.0. The number of anilines is 1. The van der Waals surface area contributed by atoms with E-state index in [1.807, 2.05) is 18.3 Å². The lowest BCUT2D eigenvalue weighted by Crippen LogP contribution is -2.40. The van der Waals surface area contributed by atoms with Gasteiger partial charge in [0, 0.05) is 24.3 Å². The summed E-state index contributed by atoms with van der Waals surface area (Å²) < 4.78 is 2.10. The Morgan fingerprint density at radius 2 is 1.68 bits per heavy atom. The number of benzene rings is 1. The molecule has 0 radical (unpaired) electrons. The van der Waals surface area contributed by atoms with Crippen LogP contribution in [0.3, 0.4) is 0 Å². The smallest absolute Gasteiger partial charge is 0.255 e. The molecular weight excluding hydrogens is 422 g/mol. The Bertz CT molecular complexity index is 1090. The van der Waals surface area contributed by atoms with Crippen LogP contribution in [0.5, 0.6) is 0 Å². The van der Waals surface area contributed by atoms with Gasteiger partial charge in [-0.05, 0) is 69.1 Å². The predicted molar refractivity (Wildman–Crippen MR) is 137 cm³/mol. The molecule has 34 heavy (non-hydrogen) atoms. The lowest BCUT2D eigenvalue weighted by atomic mass is 9.91. The molecule has 0 bridgehead atoms. The number of hydrogen-bond acceptors (Lipinski definition) is 4. The van der Waals surface area contributed by atoms with Crippen molar-refractivity contribution >= 4 is 17.4 Å². The number of hydrogen-bond donors (Lipinski definition) is 3. The van der Waals surface area contributed by atoms with Gasteiger partial charge in [-0.15, -0.1) is 0 Å². The molecule has 2 aliphatic rings. The predicted octanol–water partition coefficient (Wildman–Crippen LogP) is 4.86. The van der Waals surface area contributed by atoms with Crippen LogP contribution in [0.1, 0.15) is 79.4 Å². The molecule has 2 fully saturated rings. The Morgan fingerprint density at radius 1 is 0.912 bits per heavy atom. The first-order chi connectivity index (χ1) is 16.7. The van der Waals surface area contributed by atoms with Crippen molar-refractivity contribution in [1.29, 1.82) is 0 Å². The monoisotopic (exact) mass is 459 g/mol. The van der Waals surface area contributed by atoms with Gasteiger partial charge in [0.25, 0.3) is 5.91 Å². The number of aromatic nitrogens is 2. The number of nitrogens with zero attached hydrogens (tertiary/aromatic N) is 2. The van der Waals surface area contributed by atoms with Crippen molar-refractivity contribution in [2.75, 3.05) is 5.32 Å². The van der Waals surface area contributed by atoms with Crippen molar-refractivity contribution in [3.63, 3.8) is 0 Å². The molecule has 5 rings (SSSR count). The van der Waals surface area contributed by atoms with Crippen molar-refractivity contribution in [3.8, 4) is 0 Å². The van der Waals surface area contributed by atoms with Crippen LogP contribution in [0.4, 0.5) is 5.82 Å². The first-order valence-electron chi connectivity index (χ1n) is 13.0. The Labute approximate surface area is 202 Å². The van der Waals surface area contributed by atoms with Crippen LogP contribution in [-0.4, -0.2) is 33.4 Å². The van der Waals surface area contributed by atoms with Crippen LogP contribution in [0.2, 0.25) is 0 Å². The SMILES string of the molecule is NC1CCC(NC(=O)c2cccn3c(NC4CCCCC4)c(CCc4ccccc4)nc23)CC1. The molecular formula is C28H37N5O. The van der Waals surface area contributed by atoms with Gasteiger partial charge in [0.15, 0.2) is 5.65 Å². The number of carbonyl (C=O) groups is 1. The van der Waals surface area contributed by atoms with Gasteiger partial charge in [-0.25, -0.2) is 4.98 Å². The van der Waals surface area contributed by atoms with Gasteiger partial charge >= 0.3 is 0 Å². The summed E-state index contributed by atoms with van der Waals surface area (Å²) in [6.45, 7) is 0. The average molecular weight is 460 g/mol. The molecule has 6 nitrogen and oxygen atoms in total. The van der Waals surface area contributed by atoms with Crippen LogP contribution >= 0.6 is 0 Å². The van der Waals surface area contributed by atoms with E-state index in [0.29, 0.717) is 11.6 Å². The molecule has 2 aromatic heterocycles. The van der Waals surface area contributed by atoms with Gasteiger partial charge in [0.1, 0.15) is 5.82 Å². The topological polar surface area (TPSA) is 84.5 Å². The summed E-state index contributed by atoms with van der Waals surface area (Å²) in [5.41, 5.74) is 9.78. The van der Waals surface area contributed by atoms with Gasteiger partial charge in [-0.3, -0.25) is 9.20 Å². The highest BCUT2D eigenvalue weighted by Gasteiger charge is 2.24. The van der Waals surface area contributed by atoms with Gasteiger partial charge in [-0.1, -0.05) is 49.6 Å². The summed E-state index contributed by atoms with van der Waals surface area (Å²) in [6.07, 6.45) is 13.9. The summed E-state index contributed by atoms with van der Waals surface area (Å²) in [5.74, 6) is 1.02. The molecule has 0 spiro atoms. The highest BCUT2D eigenvalue weighted by Crippen LogP contribution is 2.27. The minimum Gasteiger partial charge on any atom is -0.367 e. The first kappa shape index (κ1) is 22.9. The zero-order chi connectivity index (χ0) is 23.3. The number of amides is 1. The van der Waals surface area contributed by atoms with E-state index in [0.717, 1.165) is 55.7 Å². The maximum Gasteiger partial charge on any atom is 0.255 e. The number of carbonyl (C=O) groups excluding carboxylic acids is 1. The normalized spacial score (nSPS) is 21.4. The second kappa shape index (κ2) is 10.6. The van der Waals surface area contributed by atoms with Crippen molar-refractivity contribution in [1.82, 2.24) is 14.7 Å². The van der Waals surface area contributed by atoms with Crippen LogP contribution in [-0.2, 0) is 12.8 Å². The lowest BCUT2D eigenvalue weighted by molar-refractivity contribution is 0.0927. The van der Waals surface area contributed by atoms with Gasteiger partial charge in [0.2, 0.25) is 0 Å². The van der Waals surface area contributed by atoms with Crippen molar-refractivity contribution < 1.29 is 4.79 Å². The van der Waals surface area contributed by atoms with Crippen LogP contribution in [0.15, 0.2) is 48.7 Å². The van der Waals surface area contributed by atoms with E-state index < -0.39 is 0 Å². The van der Waals surface area contributed by atoms with Crippen molar-refractivity contribution in [2.24, 2.45) is 5.73 Å². The highest BCUT2D eigenvalue weighted by atomic mass is 16.1. The molecule has 2 aliphatic carbocycles. The third kappa shape index (κ3) is 5.27. The van der Waals surface area contributed by atoms with Crippen LogP contribution < -0.4 is 16.4 Å². The Kier molecular flexibility index (Phi) is 7.14. The number of imidazole rings is 1. The molecule has 1 amide bonds. The fourth-order valence-corrected chi connectivity index (χ4v) is 5.49. The second-order valence-corrected chi connectivity index (χ2v) is 10.1. The number of pyridine rings is 1. The molecule has 0 aliphatic heterocycles. The Balaban J connectivity index is 1.42. The number of nitrogens with two attached hydrogens (primary N) is 1. The standard InChI is InChI=1S/C28H37N5O/c29-21-14-16-23(17-15-21)31-28(34)24-12-7-19-33-26(24)32-25(18-13-20-8-3-1-4-9-20)27(33)30-22-10-5-2-6-11-22/h1,3-4,7-9,12,19,21-23,30H,2,5-6,10-11,13-18,29H2,(H,31,34). The molecule has 6 heteroatoms. The van der Waals surface area contributed by atoms with E-state index in [-0.39, 0.29) is 18.0 Å². The summed E-state index contributed by atoms with van der Waals surface area (Å²) in [5, 5.41) is 7.06. The average Bonchev–Trinajstić information content (AvgIpc) is 3.22. The molecule has 0 atom stereocenters. The molecule has 0 saturated heterocycles. The van der Waals surface area contributed by atoms with E-state index in [9.17, 15) is 4.79 Å². The minimum atomic E-state index is -0.0325. The lowest BCUT2D eigenvalue weighted by Gasteiger charge is -2.26. The fourth-order valence-electron chi connectivity index (χ4n) is 5.49. The van der Waals surface area contributed by atoms with E-state index in [2.05, 4.69) is 45.4 Å². The van der Waals surface area contributed by atoms with Gasteiger partial charge in [-0.2, -0.15) is 0 Å². The van der Waals surface area contributed by atoms with Crippen LogP contribution in [0.25, 0.3) is 5.65 Å². The van der Waals surface area contributed by atoms with Crippen molar-refractivity contribution in [3.05, 3.63) is 65.5 Å². The van der Waals surface area contributed by atoms with E-state index >= 15 is 0 Å². The zero-order valence-electron chi connectivity index (χ0n) is 20.0. The van der Waals surface area contributed by atoms with E-state index in [4.69, 9.17) is 10.7 Å². The molecule has 4 N–H and O–H groups in total. The maximum absolute atomic E-state index is 13.3. The van der Waals surface area contributed by atoms with Gasteiger partial charge in [0.05, 0.1) is 11.3 Å². The third-order valence-corrected chi connectivity index (χ3v) is 7.51. The molecule has 3 aromatic rings.